The second kappa shape index (κ2) is 15.8. The molecule has 0 rings (SSSR count). The van der Waals surface area contributed by atoms with Gasteiger partial charge in [0.25, 0.3) is 0 Å². The summed E-state index contributed by atoms with van der Waals surface area (Å²) in [5.74, 6) is 0. The molecule has 0 atom stereocenters. The maximum atomic E-state index is 8.44. The zero-order chi connectivity index (χ0) is 3.58. The van der Waals surface area contributed by atoms with Crippen LogP contribution in [0.4, 0.5) is 4.79 Å². The Morgan fingerprint density at radius 1 is 1.57 bits per heavy atom. The average molecular weight is 203 g/mol. The molecule has 6 heteroatoms. The van der Waals surface area contributed by atoms with Gasteiger partial charge in [0.15, 0.2) is 0 Å². The first kappa shape index (κ1) is 22.8. The van der Waals surface area contributed by atoms with Crippen LogP contribution in [0.2, 0.25) is 0 Å². The molecular weight excluding hydrogens is 202 g/mol. The van der Waals surface area contributed by atoms with Crippen molar-refractivity contribution < 1.29 is 113 Å². The Balaban J connectivity index is -0.0000000150. The molecule has 0 spiro atoms. The molecule has 0 aliphatic heterocycles. The third-order valence-electron chi connectivity index (χ3n) is 0. The fourth-order valence-corrected chi connectivity index (χ4v) is 0. The van der Waals surface area contributed by atoms with Crippen LogP contribution in [-0.2, 0) is 0 Å². The molecule has 0 saturated heterocycles. The van der Waals surface area contributed by atoms with E-state index in [1.54, 1.807) is 0 Å². The monoisotopic (exact) mass is 202 g/mol. The molecule has 0 saturated carbocycles. The van der Waals surface area contributed by atoms with E-state index >= 15 is 0 Å². The zero-order valence-corrected chi connectivity index (χ0v) is 10.9. The summed E-state index contributed by atoms with van der Waals surface area (Å²) in [5.41, 5.74) is 0. The predicted octanol–water partition coefficient (Wildman–Crippen LogP) is -10.1. The second-order valence-electron chi connectivity index (χ2n) is 0.266. The summed E-state index contributed by atoms with van der Waals surface area (Å²) in [7, 11) is 0. The summed E-state index contributed by atoms with van der Waals surface area (Å²) in [6.07, 6.45) is -2.08. The van der Waals surface area contributed by atoms with E-state index in [1.807, 2.05) is 0 Å². The van der Waals surface area contributed by atoms with E-state index < -0.39 is 6.16 Å². The maximum absolute atomic E-state index is 8.44. The SMILES string of the molecule is O=C([O-])O.[Br-].[K+].[Na+]. The van der Waals surface area contributed by atoms with E-state index in [9.17, 15) is 0 Å². The van der Waals surface area contributed by atoms with Crippen LogP contribution in [0.5, 0.6) is 0 Å². The molecule has 0 aromatic rings. The van der Waals surface area contributed by atoms with Crippen LogP contribution in [0, 0.1) is 0 Å². The Morgan fingerprint density at radius 3 is 1.57 bits per heavy atom. The van der Waals surface area contributed by atoms with Crippen LogP contribution >= 0.6 is 0 Å². The van der Waals surface area contributed by atoms with Crippen molar-refractivity contribution >= 4 is 6.16 Å². The molecular formula is CHBrKNaO3. The molecule has 0 aromatic heterocycles. The normalized spacial score (nSPS) is 3.43. The standard InChI is InChI=1S/CH2O3.BrH.K.Na/c2-1(3)4;;;/h(H2,2,3,4);1H;;/q;;2*+1/p-2. The Kier molecular flexibility index (Phi) is 51.3. The molecule has 0 aliphatic rings. The first-order valence-corrected chi connectivity index (χ1v) is 0.632. The fourth-order valence-electron chi connectivity index (χ4n) is 0. The van der Waals surface area contributed by atoms with Crippen molar-refractivity contribution in [2.24, 2.45) is 0 Å². The van der Waals surface area contributed by atoms with Crippen LogP contribution in [0.3, 0.4) is 0 Å². The van der Waals surface area contributed by atoms with Crippen molar-refractivity contribution in [1.29, 1.82) is 0 Å². The summed E-state index contributed by atoms with van der Waals surface area (Å²) >= 11 is 0. The van der Waals surface area contributed by atoms with Crippen molar-refractivity contribution in [3.8, 4) is 0 Å². The van der Waals surface area contributed by atoms with Crippen LogP contribution < -0.4 is 103 Å². The van der Waals surface area contributed by atoms with Crippen molar-refractivity contribution in [1.82, 2.24) is 0 Å². The van der Waals surface area contributed by atoms with Gasteiger partial charge in [-0.15, -0.1) is 0 Å². The quantitative estimate of drug-likeness (QED) is 0.398. The molecule has 1 N–H and O–H groups in total. The molecule has 0 bridgehead atoms. The first-order valence-electron chi connectivity index (χ1n) is 0.632. The van der Waals surface area contributed by atoms with Gasteiger partial charge in [-0.1, -0.05) is 0 Å². The third-order valence-corrected chi connectivity index (χ3v) is 0. The molecule has 0 unspecified atom stereocenters. The predicted molar refractivity (Wildman–Crippen MR) is 8.02 cm³/mol. The van der Waals surface area contributed by atoms with E-state index in [1.165, 1.54) is 0 Å². The van der Waals surface area contributed by atoms with Gasteiger partial charge in [-0.2, -0.15) is 0 Å². The van der Waals surface area contributed by atoms with E-state index in [4.69, 9.17) is 15.0 Å². The van der Waals surface area contributed by atoms with Crippen molar-refractivity contribution in [2.45, 2.75) is 0 Å². The molecule has 32 valence electrons. The smallest absolute Gasteiger partial charge is 1.00 e. The van der Waals surface area contributed by atoms with Crippen LogP contribution in [0.1, 0.15) is 0 Å². The van der Waals surface area contributed by atoms with Crippen LogP contribution in [0.15, 0.2) is 0 Å². The largest absolute Gasteiger partial charge is 1.00 e. The van der Waals surface area contributed by atoms with Gasteiger partial charge in [0, 0.05) is 0 Å². The van der Waals surface area contributed by atoms with Gasteiger partial charge in [0.2, 0.25) is 6.16 Å². The van der Waals surface area contributed by atoms with E-state index in [0.717, 1.165) is 0 Å². The fraction of sp³-hybridized carbons (Fsp3) is 0. The molecule has 3 nitrogen and oxygen atoms in total. The van der Waals surface area contributed by atoms with E-state index in [2.05, 4.69) is 0 Å². The summed E-state index contributed by atoms with van der Waals surface area (Å²) in [4.78, 5) is 8.44. The van der Waals surface area contributed by atoms with Gasteiger partial charge < -0.3 is 32.0 Å². The molecule has 0 aliphatic carbocycles. The number of hydrogen-bond acceptors (Lipinski definition) is 2. The van der Waals surface area contributed by atoms with E-state index in [0.29, 0.717) is 0 Å². The Bertz CT molecular complexity index is 37.9. The van der Waals surface area contributed by atoms with Crippen molar-refractivity contribution in [3.63, 3.8) is 0 Å². The second-order valence-corrected chi connectivity index (χ2v) is 0.266. The Hall–Kier alpha value is 2.39. The summed E-state index contributed by atoms with van der Waals surface area (Å²) in [6.45, 7) is 0. The molecule has 0 amide bonds. The number of hydrogen-bond donors (Lipinski definition) is 1. The van der Waals surface area contributed by atoms with Gasteiger partial charge in [-0.05, 0) is 0 Å². The minimum absolute atomic E-state index is 0. The van der Waals surface area contributed by atoms with E-state index in [-0.39, 0.29) is 97.9 Å². The first-order chi connectivity index (χ1) is 1.73. The molecule has 0 aromatic carbocycles. The third kappa shape index (κ3) is 60.1. The molecule has 0 radical (unpaired) electrons. The van der Waals surface area contributed by atoms with Gasteiger partial charge in [-0.3, -0.25) is 0 Å². The Morgan fingerprint density at radius 2 is 1.57 bits per heavy atom. The number of carbonyl (C=O) groups is 1. The Labute approximate surface area is 116 Å². The summed E-state index contributed by atoms with van der Waals surface area (Å²) < 4.78 is 0. The van der Waals surface area contributed by atoms with Gasteiger partial charge >= 0.3 is 80.9 Å². The molecule has 0 heterocycles. The number of carboxylic acid groups (broad SMARTS) is 2. The van der Waals surface area contributed by atoms with Gasteiger partial charge in [0.1, 0.15) is 0 Å². The number of rotatable bonds is 0. The molecule has 0 fully saturated rings. The summed E-state index contributed by atoms with van der Waals surface area (Å²) in [6, 6.07) is 0. The average Bonchev–Trinajstić information content (AvgIpc) is 0.811. The minimum atomic E-state index is -2.08. The van der Waals surface area contributed by atoms with Crippen molar-refractivity contribution in [3.05, 3.63) is 0 Å². The van der Waals surface area contributed by atoms with Gasteiger partial charge in [0.05, 0.1) is 0 Å². The van der Waals surface area contributed by atoms with Crippen molar-refractivity contribution in [2.75, 3.05) is 0 Å². The van der Waals surface area contributed by atoms with Crippen LogP contribution in [-0.4, -0.2) is 11.3 Å². The summed E-state index contributed by atoms with van der Waals surface area (Å²) in [5, 5.41) is 15.3. The number of halogens is 1. The van der Waals surface area contributed by atoms with Gasteiger partial charge in [-0.25, -0.2) is 0 Å². The topological polar surface area (TPSA) is 60.4 Å². The minimum Gasteiger partial charge on any atom is -1.00 e. The molecule has 7 heavy (non-hydrogen) atoms. The zero-order valence-electron chi connectivity index (χ0n) is 4.14. The van der Waals surface area contributed by atoms with Crippen LogP contribution in [0.25, 0.3) is 0 Å². The maximum Gasteiger partial charge on any atom is 1.00 e.